The lowest BCUT2D eigenvalue weighted by Crippen LogP contribution is -2.30. The van der Waals surface area contributed by atoms with E-state index in [0.717, 1.165) is 17.9 Å². The quantitative estimate of drug-likeness (QED) is 0.710. The van der Waals surface area contributed by atoms with Gasteiger partial charge in [0.25, 0.3) is 0 Å². The molecule has 2 aliphatic rings. The van der Waals surface area contributed by atoms with Crippen LogP contribution in [0.25, 0.3) is 0 Å². The van der Waals surface area contributed by atoms with Crippen molar-refractivity contribution in [3.8, 4) is 0 Å². The fraction of sp³-hybridized carbons (Fsp3) is 0.647. The third-order valence-corrected chi connectivity index (χ3v) is 3.29. The Morgan fingerprint density at radius 3 is 2.32 bits per heavy atom. The van der Waals surface area contributed by atoms with E-state index in [1.165, 1.54) is 5.57 Å². The van der Waals surface area contributed by atoms with Crippen LogP contribution < -0.4 is 0 Å². The summed E-state index contributed by atoms with van der Waals surface area (Å²) in [5, 5.41) is 0. The van der Waals surface area contributed by atoms with Gasteiger partial charge in [-0.3, -0.25) is 0 Å². The SMILES string of the molecule is CC.CC(C)C1=CCC=C2OCC(C(C)C)OC2=C1. The number of allylic oxidation sites excluding steroid dienone is 4. The molecule has 0 bridgehead atoms. The predicted molar refractivity (Wildman–Crippen MR) is 80.7 cm³/mol. The highest BCUT2D eigenvalue weighted by atomic mass is 16.6. The Kier molecular flexibility index (Phi) is 6.20. The van der Waals surface area contributed by atoms with E-state index in [-0.39, 0.29) is 6.10 Å². The minimum absolute atomic E-state index is 0.171. The van der Waals surface area contributed by atoms with E-state index in [0.29, 0.717) is 18.4 Å². The van der Waals surface area contributed by atoms with Gasteiger partial charge >= 0.3 is 0 Å². The summed E-state index contributed by atoms with van der Waals surface area (Å²) >= 11 is 0. The highest BCUT2D eigenvalue weighted by molar-refractivity contribution is 5.35. The van der Waals surface area contributed by atoms with Gasteiger partial charge in [-0.05, 0) is 36.0 Å². The second-order valence-electron chi connectivity index (χ2n) is 5.38. The molecule has 1 atom stereocenters. The zero-order valence-electron chi connectivity index (χ0n) is 13.2. The van der Waals surface area contributed by atoms with Crippen LogP contribution in [0.2, 0.25) is 0 Å². The zero-order valence-corrected chi connectivity index (χ0v) is 13.2. The van der Waals surface area contributed by atoms with E-state index in [9.17, 15) is 0 Å². The first-order valence-corrected chi connectivity index (χ1v) is 7.49. The summed E-state index contributed by atoms with van der Waals surface area (Å²) < 4.78 is 11.8. The Morgan fingerprint density at radius 1 is 1.05 bits per heavy atom. The van der Waals surface area contributed by atoms with Gasteiger partial charge in [0.1, 0.15) is 12.7 Å². The van der Waals surface area contributed by atoms with Gasteiger partial charge in [0.15, 0.2) is 11.5 Å². The van der Waals surface area contributed by atoms with Crippen molar-refractivity contribution < 1.29 is 9.47 Å². The Balaban J connectivity index is 0.000000861. The molecule has 2 heteroatoms. The lowest BCUT2D eigenvalue weighted by Gasteiger charge is -2.30. The van der Waals surface area contributed by atoms with E-state index in [2.05, 4.69) is 45.9 Å². The molecule has 0 N–H and O–H groups in total. The fourth-order valence-corrected chi connectivity index (χ4v) is 2.01. The molecule has 19 heavy (non-hydrogen) atoms. The number of fused-ring (bicyclic) bond motifs is 1. The average Bonchev–Trinajstić information content (AvgIpc) is 2.62. The number of hydrogen-bond donors (Lipinski definition) is 0. The maximum atomic E-state index is 6.04. The topological polar surface area (TPSA) is 18.5 Å². The molecule has 0 aromatic rings. The van der Waals surface area contributed by atoms with E-state index < -0.39 is 0 Å². The van der Waals surface area contributed by atoms with Gasteiger partial charge in [-0.25, -0.2) is 0 Å². The lowest BCUT2D eigenvalue weighted by molar-refractivity contribution is -0.0304. The molecule has 1 fully saturated rings. The number of ether oxygens (including phenoxy) is 2. The second kappa shape index (κ2) is 7.42. The molecule has 1 saturated heterocycles. The molecular formula is C17H28O2. The zero-order chi connectivity index (χ0) is 14.4. The summed E-state index contributed by atoms with van der Waals surface area (Å²) in [6.07, 6.45) is 7.60. The Morgan fingerprint density at radius 2 is 1.74 bits per heavy atom. The Bertz CT molecular complexity index is 373. The maximum absolute atomic E-state index is 6.04. The molecule has 0 aromatic carbocycles. The van der Waals surface area contributed by atoms with Crippen LogP contribution in [-0.2, 0) is 9.47 Å². The normalized spacial score (nSPS) is 21.9. The van der Waals surface area contributed by atoms with Gasteiger partial charge in [0.05, 0.1) is 0 Å². The van der Waals surface area contributed by atoms with Crippen molar-refractivity contribution in [2.24, 2.45) is 11.8 Å². The van der Waals surface area contributed by atoms with E-state index in [4.69, 9.17) is 9.47 Å². The van der Waals surface area contributed by atoms with Crippen LogP contribution in [-0.4, -0.2) is 12.7 Å². The molecule has 1 unspecified atom stereocenters. The van der Waals surface area contributed by atoms with E-state index >= 15 is 0 Å². The van der Waals surface area contributed by atoms with Gasteiger partial charge in [-0.15, -0.1) is 0 Å². The van der Waals surface area contributed by atoms with Crippen molar-refractivity contribution in [3.63, 3.8) is 0 Å². The average molecular weight is 264 g/mol. The lowest BCUT2D eigenvalue weighted by atomic mass is 10.0. The molecule has 2 nitrogen and oxygen atoms in total. The second-order valence-corrected chi connectivity index (χ2v) is 5.38. The molecule has 0 spiro atoms. The smallest absolute Gasteiger partial charge is 0.161 e. The highest BCUT2D eigenvalue weighted by Crippen LogP contribution is 2.30. The third-order valence-electron chi connectivity index (χ3n) is 3.29. The molecule has 0 radical (unpaired) electrons. The molecule has 1 aliphatic carbocycles. The highest BCUT2D eigenvalue weighted by Gasteiger charge is 2.26. The van der Waals surface area contributed by atoms with Crippen molar-refractivity contribution in [2.45, 2.75) is 54.1 Å². The van der Waals surface area contributed by atoms with Crippen LogP contribution in [0.3, 0.4) is 0 Å². The molecule has 2 rings (SSSR count). The van der Waals surface area contributed by atoms with Crippen molar-refractivity contribution in [1.82, 2.24) is 0 Å². The van der Waals surface area contributed by atoms with Crippen molar-refractivity contribution >= 4 is 0 Å². The minimum atomic E-state index is 0.171. The Hall–Kier alpha value is -1.18. The van der Waals surface area contributed by atoms with Gasteiger partial charge in [0, 0.05) is 0 Å². The molecule has 0 saturated carbocycles. The first-order chi connectivity index (χ1) is 9.08. The van der Waals surface area contributed by atoms with Crippen LogP contribution in [0.15, 0.2) is 35.3 Å². The number of hydrogen-bond acceptors (Lipinski definition) is 2. The number of rotatable bonds is 2. The molecule has 1 heterocycles. The third kappa shape index (κ3) is 4.15. The molecular weight excluding hydrogens is 236 g/mol. The van der Waals surface area contributed by atoms with Gasteiger partial charge in [0.2, 0.25) is 0 Å². The van der Waals surface area contributed by atoms with E-state index in [1.807, 2.05) is 13.8 Å². The van der Waals surface area contributed by atoms with Crippen molar-refractivity contribution in [3.05, 3.63) is 35.3 Å². The predicted octanol–water partition coefficient (Wildman–Crippen LogP) is 4.84. The monoisotopic (exact) mass is 264 g/mol. The molecule has 0 amide bonds. The van der Waals surface area contributed by atoms with Crippen LogP contribution >= 0.6 is 0 Å². The standard InChI is InChI=1S/C15H22O2.C2H6/c1-10(2)12-6-5-7-13-14(8-12)17-15(9-16-13)11(3)4;1-2/h6-8,10-11,15H,5,9H2,1-4H3;1-2H3. The summed E-state index contributed by atoms with van der Waals surface area (Å²) in [7, 11) is 0. The van der Waals surface area contributed by atoms with Crippen LogP contribution in [0, 0.1) is 11.8 Å². The van der Waals surface area contributed by atoms with Gasteiger partial charge in [-0.2, -0.15) is 0 Å². The van der Waals surface area contributed by atoms with Crippen LogP contribution in [0.1, 0.15) is 48.0 Å². The van der Waals surface area contributed by atoms with Crippen LogP contribution in [0.4, 0.5) is 0 Å². The summed E-state index contributed by atoms with van der Waals surface area (Å²) in [5.74, 6) is 2.83. The van der Waals surface area contributed by atoms with Crippen molar-refractivity contribution in [2.75, 3.05) is 6.61 Å². The first kappa shape index (κ1) is 15.9. The maximum Gasteiger partial charge on any atom is 0.161 e. The molecule has 108 valence electrons. The summed E-state index contributed by atoms with van der Waals surface area (Å²) in [6.45, 7) is 13.4. The summed E-state index contributed by atoms with van der Waals surface area (Å²) in [5.41, 5.74) is 1.33. The van der Waals surface area contributed by atoms with Crippen molar-refractivity contribution in [1.29, 1.82) is 0 Å². The van der Waals surface area contributed by atoms with Crippen LogP contribution in [0.5, 0.6) is 0 Å². The van der Waals surface area contributed by atoms with Gasteiger partial charge in [-0.1, -0.05) is 47.6 Å². The van der Waals surface area contributed by atoms with E-state index in [1.54, 1.807) is 0 Å². The first-order valence-electron chi connectivity index (χ1n) is 7.49. The fourth-order valence-electron chi connectivity index (χ4n) is 2.01. The Labute approximate surface area is 118 Å². The minimum Gasteiger partial charge on any atom is -0.486 e. The molecule has 0 aromatic heterocycles. The summed E-state index contributed by atoms with van der Waals surface area (Å²) in [4.78, 5) is 0. The molecule has 1 aliphatic heterocycles. The largest absolute Gasteiger partial charge is 0.486 e. The van der Waals surface area contributed by atoms with Gasteiger partial charge < -0.3 is 9.47 Å². The summed E-state index contributed by atoms with van der Waals surface area (Å²) in [6, 6.07) is 0.